The lowest BCUT2D eigenvalue weighted by Gasteiger charge is -2.22. The van der Waals surface area contributed by atoms with Crippen molar-refractivity contribution in [3.8, 4) is 10.6 Å². The molecule has 1 aliphatic heterocycles. The summed E-state index contributed by atoms with van der Waals surface area (Å²) in [6, 6.07) is 8.33. The molecule has 31 heavy (non-hydrogen) atoms. The number of halogens is 1. The molecule has 0 radical (unpaired) electrons. The van der Waals surface area contributed by atoms with Gasteiger partial charge in [0.15, 0.2) is 0 Å². The lowest BCUT2D eigenvalue weighted by Crippen LogP contribution is -2.28. The Kier molecular flexibility index (Phi) is 6.20. The smallest absolute Gasteiger partial charge is 0.252 e. The highest BCUT2D eigenvalue weighted by Crippen LogP contribution is 2.37. The molecule has 3 aromatic rings. The van der Waals surface area contributed by atoms with Crippen molar-refractivity contribution in [1.29, 1.82) is 0 Å². The third kappa shape index (κ3) is 4.91. The SMILES string of the molecule is O=C(NC1CC1)c1cccc2sc(-c3nc(NCCC4CCNCC4)ncc3Br)cc12. The average Bonchev–Trinajstić information content (AvgIpc) is 3.49. The molecule has 0 spiro atoms. The average molecular weight is 500 g/mol. The first-order valence-corrected chi connectivity index (χ1v) is 12.6. The Balaban J connectivity index is 1.35. The van der Waals surface area contributed by atoms with Gasteiger partial charge in [-0.3, -0.25) is 4.79 Å². The van der Waals surface area contributed by atoms with E-state index in [0.29, 0.717) is 12.0 Å². The van der Waals surface area contributed by atoms with Crippen LogP contribution in [0.5, 0.6) is 0 Å². The lowest BCUT2D eigenvalue weighted by molar-refractivity contribution is 0.0953. The van der Waals surface area contributed by atoms with Gasteiger partial charge in [-0.15, -0.1) is 11.3 Å². The highest BCUT2D eigenvalue weighted by atomic mass is 79.9. The van der Waals surface area contributed by atoms with E-state index in [1.54, 1.807) is 17.5 Å². The van der Waals surface area contributed by atoms with E-state index >= 15 is 0 Å². The summed E-state index contributed by atoms with van der Waals surface area (Å²) in [6.45, 7) is 3.12. The number of carbonyl (C=O) groups is 1. The number of aromatic nitrogens is 2. The van der Waals surface area contributed by atoms with E-state index in [9.17, 15) is 4.79 Å². The summed E-state index contributed by atoms with van der Waals surface area (Å²) in [6.07, 6.45) is 7.59. The quantitative estimate of drug-likeness (QED) is 0.434. The Labute approximate surface area is 194 Å². The molecule has 3 N–H and O–H groups in total. The predicted molar refractivity (Wildman–Crippen MR) is 130 cm³/mol. The molecule has 5 rings (SSSR count). The highest BCUT2D eigenvalue weighted by molar-refractivity contribution is 9.10. The van der Waals surface area contributed by atoms with Crippen LogP contribution in [0.3, 0.4) is 0 Å². The summed E-state index contributed by atoms with van der Waals surface area (Å²) in [7, 11) is 0. The monoisotopic (exact) mass is 499 g/mol. The minimum atomic E-state index is 0.0134. The maximum Gasteiger partial charge on any atom is 0.252 e. The van der Waals surface area contributed by atoms with E-state index in [1.807, 2.05) is 12.1 Å². The predicted octanol–water partition coefficient (Wildman–Crippen LogP) is 4.81. The fourth-order valence-corrected chi connectivity index (χ4v) is 5.68. The van der Waals surface area contributed by atoms with Gasteiger partial charge in [0.05, 0.1) is 9.35 Å². The number of thiophene rings is 1. The van der Waals surface area contributed by atoms with Crippen molar-refractivity contribution in [2.45, 2.75) is 38.1 Å². The molecule has 1 amide bonds. The van der Waals surface area contributed by atoms with Crippen LogP contribution in [0.15, 0.2) is 34.9 Å². The Hall–Kier alpha value is -2.03. The molecule has 0 bridgehead atoms. The van der Waals surface area contributed by atoms with E-state index in [0.717, 1.165) is 75.5 Å². The number of rotatable bonds is 7. The molecule has 1 aliphatic carbocycles. The van der Waals surface area contributed by atoms with Crippen molar-refractivity contribution in [2.75, 3.05) is 25.0 Å². The van der Waals surface area contributed by atoms with Gasteiger partial charge in [-0.25, -0.2) is 9.97 Å². The summed E-state index contributed by atoms with van der Waals surface area (Å²) in [5.41, 5.74) is 1.59. The maximum absolute atomic E-state index is 12.7. The molecule has 0 unspecified atom stereocenters. The van der Waals surface area contributed by atoms with Gasteiger partial charge in [-0.05, 0) is 85.2 Å². The van der Waals surface area contributed by atoms with Crippen molar-refractivity contribution in [3.05, 3.63) is 40.5 Å². The zero-order chi connectivity index (χ0) is 21.2. The van der Waals surface area contributed by atoms with Gasteiger partial charge in [0, 0.05) is 34.4 Å². The van der Waals surface area contributed by atoms with Gasteiger partial charge in [0.2, 0.25) is 5.95 Å². The van der Waals surface area contributed by atoms with Crippen LogP contribution in [0.1, 0.15) is 42.5 Å². The molecular formula is C23H26BrN5OS. The molecule has 0 atom stereocenters. The number of nitrogens with one attached hydrogen (secondary N) is 3. The van der Waals surface area contributed by atoms with E-state index in [2.05, 4.69) is 49.0 Å². The number of piperidine rings is 1. The maximum atomic E-state index is 12.7. The molecule has 8 heteroatoms. The molecule has 2 fully saturated rings. The van der Waals surface area contributed by atoms with Crippen LogP contribution in [0.4, 0.5) is 5.95 Å². The summed E-state index contributed by atoms with van der Waals surface area (Å²) >= 11 is 5.26. The Bertz CT molecular complexity index is 1090. The third-order valence-electron chi connectivity index (χ3n) is 5.99. The second-order valence-corrected chi connectivity index (χ2v) is 10.3. The highest BCUT2D eigenvalue weighted by Gasteiger charge is 2.25. The fourth-order valence-electron chi connectivity index (χ4n) is 4.05. The summed E-state index contributed by atoms with van der Waals surface area (Å²) < 4.78 is 1.94. The molecule has 1 aromatic carbocycles. The van der Waals surface area contributed by atoms with Gasteiger partial charge in [0.1, 0.15) is 5.69 Å². The minimum Gasteiger partial charge on any atom is -0.354 e. The third-order valence-corrected chi connectivity index (χ3v) is 7.68. The lowest BCUT2D eigenvalue weighted by atomic mass is 9.95. The normalized spacial score (nSPS) is 17.1. The Morgan fingerprint density at radius 3 is 2.87 bits per heavy atom. The van der Waals surface area contributed by atoms with Gasteiger partial charge in [-0.2, -0.15) is 0 Å². The number of fused-ring (bicyclic) bond motifs is 1. The first-order chi connectivity index (χ1) is 15.2. The number of amides is 1. The molecular weight excluding hydrogens is 474 g/mol. The van der Waals surface area contributed by atoms with Crippen molar-refractivity contribution < 1.29 is 4.79 Å². The molecule has 6 nitrogen and oxygen atoms in total. The van der Waals surface area contributed by atoms with E-state index < -0.39 is 0 Å². The van der Waals surface area contributed by atoms with Crippen LogP contribution in [0, 0.1) is 5.92 Å². The zero-order valence-corrected chi connectivity index (χ0v) is 19.7. The van der Waals surface area contributed by atoms with Crippen LogP contribution in [-0.4, -0.2) is 41.6 Å². The molecule has 1 saturated carbocycles. The first kappa shape index (κ1) is 20.8. The van der Waals surface area contributed by atoms with E-state index in [-0.39, 0.29) is 5.91 Å². The first-order valence-electron chi connectivity index (χ1n) is 11.0. The topological polar surface area (TPSA) is 78.9 Å². The summed E-state index contributed by atoms with van der Waals surface area (Å²) in [5.74, 6) is 1.43. The van der Waals surface area contributed by atoms with Gasteiger partial charge in [0.25, 0.3) is 5.91 Å². The Morgan fingerprint density at radius 1 is 1.23 bits per heavy atom. The van der Waals surface area contributed by atoms with E-state index in [4.69, 9.17) is 4.98 Å². The van der Waals surface area contributed by atoms with Crippen molar-refractivity contribution in [2.24, 2.45) is 5.92 Å². The van der Waals surface area contributed by atoms with Crippen molar-refractivity contribution >= 4 is 49.2 Å². The number of nitrogens with zero attached hydrogens (tertiary/aromatic N) is 2. The molecule has 162 valence electrons. The van der Waals surface area contributed by atoms with Crippen LogP contribution in [0.25, 0.3) is 20.7 Å². The fraction of sp³-hybridized carbons (Fsp3) is 0.435. The Morgan fingerprint density at radius 2 is 2.06 bits per heavy atom. The van der Waals surface area contributed by atoms with Crippen LogP contribution < -0.4 is 16.0 Å². The standard InChI is InChI=1S/C23H26BrN5OS/c24-18-13-27-23(26-11-8-14-6-9-25-10-7-14)29-21(18)20-12-17-16(2-1-3-19(17)31-20)22(30)28-15-4-5-15/h1-3,12-15,25H,4-11H2,(H,28,30)(H,26,27,29). The largest absolute Gasteiger partial charge is 0.354 e. The number of hydrogen-bond donors (Lipinski definition) is 3. The molecule has 2 aliphatic rings. The van der Waals surface area contributed by atoms with Crippen LogP contribution >= 0.6 is 27.3 Å². The van der Waals surface area contributed by atoms with Crippen LogP contribution in [0.2, 0.25) is 0 Å². The second-order valence-electron chi connectivity index (χ2n) is 8.37. The van der Waals surface area contributed by atoms with Crippen LogP contribution in [-0.2, 0) is 0 Å². The second kappa shape index (κ2) is 9.22. The van der Waals surface area contributed by atoms with Crippen molar-refractivity contribution in [1.82, 2.24) is 20.6 Å². The van der Waals surface area contributed by atoms with Gasteiger partial charge in [-0.1, -0.05) is 6.07 Å². The number of anilines is 1. The van der Waals surface area contributed by atoms with Crippen molar-refractivity contribution in [3.63, 3.8) is 0 Å². The molecule has 3 heterocycles. The van der Waals surface area contributed by atoms with Gasteiger partial charge < -0.3 is 16.0 Å². The number of hydrogen-bond acceptors (Lipinski definition) is 6. The van der Waals surface area contributed by atoms with E-state index in [1.165, 1.54) is 12.8 Å². The number of benzene rings is 1. The summed E-state index contributed by atoms with van der Waals surface area (Å²) in [5, 5.41) is 10.9. The zero-order valence-electron chi connectivity index (χ0n) is 17.3. The summed E-state index contributed by atoms with van der Waals surface area (Å²) in [4.78, 5) is 22.9. The minimum absolute atomic E-state index is 0.0134. The number of carbonyl (C=O) groups excluding carboxylic acids is 1. The molecule has 2 aromatic heterocycles. The van der Waals surface area contributed by atoms with Gasteiger partial charge >= 0.3 is 0 Å². The molecule has 1 saturated heterocycles.